The van der Waals surface area contributed by atoms with Gasteiger partial charge in [0.15, 0.2) is 0 Å². The van der Waals surface area contributed by atoms with Gasteiger partial charge in [0.25, 0.3) is 0 Å². The summed E-state index contributed by atoms with van der Waals surface area (Å²) in [6.07, 6.45) is 1.42. The van der Waals surface area contributed by atoms with Crippen molar-refractivity contribution >= 4 is 17.6 Å². The fourth-order valence-electron chi connectivity index (χ4n) is 2.31. The molecule has 1 N–H and O–H groups in total. The monoisotopic (exact) mass is 318 g/mol. The Kier molecular flexibility index (Phi) is 4.34. The molecule has 0 bridgehead atoms. The molecule has 3 aromatic rings. The highest BCUT2D eigenvalue weighted by Crippen LogP contribution is 2.28. The van der Waals surface area contributed by atoms with Crippen molar-refractivity contribution < 1.29 is 10.0 Å². The Morgan fingerprint density at radius 1 is 0.875 bits per heavy atom. The second-order valence-corrected chi connectivity index (χ2v) is 5.14. The van der Waals surface area contributed by atoms with Gasteiger partial charge in [-0.3, -0.25) is 15.1 Å². The number of phenols is 1. The number of nitro groups is 1. The van der Waals surface area contributed by atoms with Gasteiger partial charge in [0.05, 0.1) is 10.6 Å². The molecule has 5 heteroatoms. The van der Waals surface area contributed by atoms with Crippen LogP contribution >= 0.6 is 0 Å². The fourth-order valence-corrected chi connectivity index (χ4v) is 2.31. The zero-order chi connectivity index (χ0) is 16.9. The van der Waals surface area contributed by atoms with Crippen molar-refractivity contribution in [3.63, 3.8) is 0 Å². The third-order valence-electron chi connectivity index (χ3n) is 3.57. The second-order valence-electron chi connectivity index (χ2n) is 5.14. The van der Waals surface area contributed by atoms with Gasteiger partial charge in [-0.2, -0.15) is 0 Å². The van der Waals surface area contributed by atoms with Crippen LogP contribution in [0.15, 0.2) is 77.8 Å². The van der Waals surface area contributed by atoms with Gasteiger partial charge in [-0.1, -0.05) is 48.5 Å². The lowest BCUT2D eigenvalue weighted by Crippen LogP contribution is -1.91. The van der Waals surface area contributed by atoms with E-state index >= 15 is 0 Å². The molecule has 0 heterocycles. The number of hydrogen-bond donors (Lipinski definition) is 1. The number of aromatic hydroxyl groups is 1. The Labute approximate surface area is 138 Å². The Hall–Kier alpha value is -3.47. The molecular weight excluding hydrogens is 304 g/mol. The predicted molar refractivity (Wildman–Crippen MR) is 93.9 cm³/mol. The first-order valence-electron chi connectivity index (χ1n) is 7.31. The summed E-state index contributed by atoms with van der Waals surface area (Å²) in [6.45, 7) is 0. The van der Waals surface area contributed by atoms with E-state index in [0.29, 0.717) is 11.3 Å². The molecule has 118 valence electrons. The summed E-state index contributed by atoms with van der Waals surface area (Å²) in [6, 6.07) is 21.9. The molecule has 5 nitrogen and oxygen atoms in total. The van der Waals surface area contributed by atoms with E-state index in [1.807, 2.05) is 54.6 Å². The number of rotatable bonds is 4. The fraction of sp³-hybridized carbons (Fsp3) is 0. The van der Waals surface area contributed by atoms with E-state index in [0.717, 1.165) is 11.1 Å². The summed E-state index contributed by atoms with van der Waals surface area (Å²) >= 11 is 0. The molecule has 0 saturated heterocycles. The lowest BCUT2D eigenvalue weighted by Gasteiger charge is -2.02. The number of phenolic OH excluding ortho intramolecular Hbond substituents is 1. The van der Waals surface area contributed by atoms with Crippen LogP contribution in [0.25, 0.3) is 11.1 Å². The van der Waals surface area contributed by atoms with Crippen LogP contribution in [0.1, 0.15) is 5.56 Å². The summed E-state index contributed by atoms with van der Waals surface area (Å²) in [5.74, 6) is -0.382. The van der Waals surface area contributed by atoms with Crippen molar-refractivity contribution in [1.29, 1.82) is 0 Å². The minimum atomic E-state index is -0.624. The summed E-state index contributed by atoms with van der Waals surface area (Å²) in [5.41, 5.74) is 2.85. The standard InChI is InChI=1S/C19H14N2O3/c22-19-16(7-4-8-18(19)21(23)24)13-20-17-11-9-15(10-12-17)14-5-2-1-3-6-14/h1-13,22H. The second kappa shape index (κ2) is 6.75. The number of nitro benzene ring substituents is 1. The number of nitrogens with zero attached hydrogens (tertiary/aromatic N) is 2. The van der Waals surface area contributed by atoms with Crippen LogP contribution in [0.4, 0.5) is 11.4 Å². The summed E-state index contributed by atoms with van der Waals surface area (Å²) in [7, 11) is 0. The van der Waals surface area contributed by atoms with Crippen LogP contribution in [0.5, 0.6) is 5.75 Å². The molecule has 0 spiro atoms. The molecule has 3 rings (SSSR count). The van der Waals surface area contributed by atoms with E-state index in [9.17, 15) is 15.2 Å². The minimum absolute atomic E-state index is 0.302. The number of aliphatic imine (C=N–C) groups is 1. The van der Waals surface area contributed by atoms with E-state index in [1.54, 1.807) is 6.07 Å². The molecule has 0 unspecified atom stereocenters. The summed E-state index contributed by atoms with van der Waals surface area (Å²) in [4.78, 5) is 14.5. The average molecular weight is 318 g/mol. The summed E-state index contributed by atoms with van der Waals surface area (Å²) in [5, 5.41) is 20.7. The Morgan fingerprint density at radius 2 is 1.54 bits per heavy atom. The molecule has 0 aliphatic rings. The molecule has 24 heavy (non-hydrogen) atoms. The number of para-hydroxylation sites is 1. The third kappa shape index (κ3) is 3.30. The largest absolute Gasteiger partial charge is 0.502 e. The predicted octanol–water partition coefficient (Wildman–Crippen LogP) is 4.72. The first-order chi connectivity index (χ1) is 11.6. The minimum Gasteiger partial charge on any atom is -0.502 e. The van der Waals surface area contributed by atoms with Crippen LogP contribution in [-0.2, 0) is 0 Å². The molecule has 0 aromatic heterocycles. The highest BCUT2D eigenvalue weighted by atomic mass is 16.6. The average Bonchev–Trinajstić information content (AvgIpc) is 2.62. The third-order valence-corrected chi connectivity index (χ3v) is 3.57. The van der Waals surface area contributed by atoms with Gasteiger partial charge in [-0.25, -0.2) is 0 Å². The normalized spacial score (nSPS) is 10.8. The van der Waals surface area contributed by atoms with Crippen molar-refractivity contribution in [2.24, 2.45) is 4.99 Å². The molecule has 0 aliphatic carbocycles. The molecule has 0 aliphatic heterocycles. The van der Waals surface area contributed by atoms with Crippen molar-refractivity contribution in [3.8, 4) is 16.9 Å². The molecule has 3 aromatic carbocycles. The van der Waals surface area contributed by atoms with Gasteiger partial charge >= 0.3 is 5.69 Å². The van der Waals surface area contributed by atoms with E-state index in [4.69, 9.17) is 0 Å². The lowest BCUT2D eigenvalue weighted by atomic mass is 10.1. The maximum Gasteiger partial charge on any atom is 0.311 e. The van der Waals surface area contributed by atoms with Gasteiger partial charge in [0, 0.05) is 17.8 Å². The smallest absolute Gasteiger partial charge is 0.311 e. The molecule has 0 amide bonds. The number of hydrogen-bond acceptors (Lipinski definition) is 4. The van der Waals surface area contributed by atoms with Crippen LogP contribution in [0.3, 0.4) is 0 Å². The van der Waals surface area contributed by atoms with Crippen molar-refractivity contribution in [1.82, 2.24) is 0 Å². The van der Waals surface area contributed by atoms with Gasteiger partial charge in [-0.05, 0) is 29.3 Å². The topological polar surface area (TPSA) is 75.7 Å². The molecule has 0 atom stereocenters. The van der Waals surface area contributed by atoms with Gasteiger partial charge < -0.3 is 5.11 Å². The van der Waals surface area contributed by atoms with E-state index < -0.39 is 4.92 Å². The SMILES string of the molecule is O=[N+]([O-])c1cccc(C=Nc2ccc(-c3ccccc3)cc2)c1O. The highest BCUT2D eigenvalue weighted by molar-refractivity contribution is 5.87. The van der Waals surface area contributed by atoms with Gasteiger partial charge in [-0.15, -0.1) is 0 Å². The van der Waals surface area contributed by atoms with E-state index in [-0.39, 0.29) is 11.4 Å². The molecular formula is C19H14N2O3. The maximum absolute atomic E-state index is 10.8. The van der Waals surface area contributed by atoms with E-state index in [1.165, 1.54) is 18.3 Å². The Morgan fingerprint density at radius 3 is 2.21 bits per heavy atom. The summed E-state index contributed by atoms with van der Waals surface area (Å²) < 4.78 is 0. The van der Waals surface area contributed by atoms with E-state index in [2.05, 4.69) is 4.99 Å². The molecule has 0 saturated carbocycles. The van der Waals surface area contributed by atoms with Crippen molar-refractivity contribution in [2.45, 2.75) is 0 Å². The Balaban J connectivity index is 1.83. The van der Waals surface area contributed by atoms with Crippen LogP contribution in [0.2, 0.25) is 0 Å². The first-order valence-corrected chi connectivity index (χ1v) is 7.31. The van der Waals surface area contributed by atoms with Crippen LogP contribution in [0, 0.1) is 10.1 Å². The quantitative estimate of drug-likeness (QED) is 0.429. The number of benzene rings is 3. The zero-order valence-corrected chi connectivity index (χ0v) is 12.7. The van der Waals surface area contributed by atoms with Crippen LogP contribution in [-0.4, -0.2) is 16.2 Å². The first kappa shape index (κ1) is 15.4. The van der Waals surface area contributed by atoms with Crippen molar-refractivity contribution in [3.05, 3.63) is 88.5 Å². The lowest BCUT2D eigenvalue weighted by molar-refractivity contribution is -0.385. The molecule has 0 fully saturated rings. The van der Waals surface area contributed by atoms with Crippen molar-refractivity contribution in [2.75, 3.05) is 0 Å². The Bertz CT molecular complexity index is 888. The maximum atomic E-state index is 10.8. The molecule has 0 radical (unpaired) electrons. The zero-order valence-electron chi connectivity index (χ0n) is 12.7. The van der Waals surface area contributed by atoms with Gasteiger partial charge in [0.1, 0.15) is 0 Å². The highest BCUT2D eigenvalue weighted by Gasteiger charge is 2.14. The van der Waals surface area contributed by atoms with Gasteiger partial charge in [0.2, 0.25) is 5.75 Å². The van der Waals surface area contributed by atoms with Crippen LogP contribution < -0.4 is 0 Å².